The molecule has 91 valence electrons. The van der Waals surface area contributed by atoms with E-state index in [9.17, 15) is 0 Å². The van der Waals surface area contributed by atoms with Gasteiger partial charge in [0.2, 0.25) is 0 Å². The normalized spacial score (nSPS) is 32.2. The Hall–Kier alpha value is -0.123. The van der Waals surface area contributed by atoms with Crippen molar-refractivity contribution in [1.29, 1.82) is 0 Å². The third-order valence-electron chi connectivity index (χ3n) is 3.73. The SMILES string of the molecule is CO[Si](CCC1CC2C=CC1C2)OC(C)C. The fraction of sp³-hybridized carbons (Fsp3) is 0.846. The molecule has 2 bridgehead atoms. The Labute approximate surface area is 101 Å². The van der Waals surface area contributed by atoms with Crippen LogP contribution in [0, 0.1) is 17.8 Å². The Bertz CT molecular complexity index is 252. The monoisotopic (exact) mass is 239 g/mol. The molecule has 1 radical (unpaired) electrons. The van der Waals surface area contributed by atoms with Crippen LogP contribution in [0.1, 0.15) is 33.1 Å². The number of hydrogen-bond donors (Lipinski definition) is 0. The summed E-state index contributed by atoms with van der Waals surface area (Å²) in [6.45, 7) is 4.17. The summed E-state index contributed by atoms with van der Waals surface area (Å²) >= 11 is 0. The lowest BCUT2D eigenvalue weighted by Gasteiger charge is -2.21. The van der Waals surface area contributed by atoms with Gasteiger partial charge < -0.3 is 8.85 Å². The summed E-state index contributed by atoms with van der Waals surface area (Å²) in [5.74, 6) is 2.66. The Morgan fingerprint density at radius 2 is 2.12 bits per heavy atom. The second-order valence-electron chi connectivity index (χ2n) is 5.32. The molecule has 0 amide bonds. The maximum Gasteiger partial charge on any atom is 0.384 e. The highest BCUT2D eigenvalue weighted by atomic mass is 28.3. The number of allylic oxidation sites excluding steroid dienone is 2. The van der Waals surface area contributed by atoms with Crippen molar-refractivity contribution in [1.82, 2.24) is 0 Å². The molecule has 0 aliphatic heterocycles. The van der Waals surface area contributed by atoms with Crippen LogP contribution in [0.2, 0.25) is 6.04 Å². The van der Waals surface area contributed by atoms with Gasteiger partial charge in [0.1, 0.15) is 0 Å². The van der Waals surface area contributed by atoms with E-state index in [0.717, 1.165) is 23.8 Å². The topological polar surface area (TPSA) is 18.5 Å². The number of hydrogen-bond acceptors (Lipinski definition) is 2. The largest absolute Gasteiger partial charge is 0.397 e. The van der Waals surface area contributed by atoms with E-state index >= 15 is 0 Å². The zero-order chi connectivity index (χ0) is 11.5. The first kappa shape index (κ1) is 12.3. The molecule has 0 spiro atoms. The van der Waals surface area contributed by atoms with E-state index in [-0.39, 0.29) is 0 Å². The Balaban J connectivity index is 1.72. The fourth-order valence-electron chi connectivity index (χ4n) is 3.00. The summed E-state index contributed by atoms with van der Waals surface area (Å²) in [5, 5.41) is 0. The van der Waals surface area contributed by atoms with Gasteiger partial charge in [0.15, 0.2) is 0 Å². The predicted octanol–water partition coefficient (Wildman–Crippen LogP) is 3.15. The second-order valence-corrected chi connectivity index (χ2v) is 7.21. The zero-order valence-electron chi connectivity index (χ0n) is 10.6. The van der Waals surface area contributed by atoms with E-state index in [4.69, 9.17) is 8.85 Å². The molecule has 0 saturated heterocycles. The van der Waals surface area contributed by atoms with Gasteiger partial charge in [-0.25, -0.2) is 0 Å². The standard InChI is InChI=1S/C13H23O2Si/c1-10(2)15-16(14-3)7-6-13-9-11-4-5-12(13)8-11/h4-5,10-13H,6-9H2,1-3H3. The third-order valence-corrected chi connectivity index (χ3v) is 5.62. The summed E-state index contributed by atoms with van der Waals surface area (Å²) in [6.07, 6.45) is 9.25. The smallest absolute Gasteiger partial charge is 0.384 e. The highest BCUT2D eigenvalue weighted by Crippen LogP contribution is 2.45. The highest BCUT2D eigenvalue weighted by Gasteiger charge is 2.35. The van der Waals surface area contributed by atoms with Gasteiger partial charge in [-0.15, -0.1) is 0 Å². The molecule has 0 N–H and O–H groups in total. The van der Waals surface area contributed by atoms with Crippen LogP contribution in [0.15, 0.2) is 12.2 Å². The van der Waals surface area contributed by atoms with Gasteiger partial charge in [-0.3, -0.25) is 0 Å². The molecule has 16 heavy (non-hydrogen) atoms. The molecule has 0 aromatic rings. The van der Waals surface area contributed by atoms with Gasteiger partial charge in [0.25, 0.3) is 0 Å². The van der Waals surface area contributed by atoms with Gasteiger partial charge in [-0.1, -0.05) is 12.2 Å². The minimum atomic E-state index is -1.01. The van der Waals surface area contributed by atoms with Gasteiger partial charge in [0, 0.05) is 13.2 Å². The van der Waals surface area contributed by atoms with Crippen LogP contribution in [0.25, 0.3) is 0 Å². The van der Waals surface area contributed by atoms with E-state index in [2.05, 4.69) is 26.0 Å². The predicted molar refractivity (Wildman–Crippen MR) is 67.3 cm³/mol. The van der Waals surface area contributed by atoms with Crippen LogP contribution in [0.3, 0.4) is 0 Å². The molecule has 0 aromatic carbocycles. The second kappa shape index (κ2) is 5.47. The average molecular weight is 239 g/mol. The molecular formula is C13H23O2Si. The zero-order valence-corrected chi connectivity index (χ0v) is 11.6. The van der Waals surface area contributed by atoms with Gasteiger partial charge in [-0.2, -0.15) is 0 Å². The van der Waals surface area contributed by atoms with E-state index in [1.807, 2.05) is 0 Å². The molecule has 3 atom stereocenters. The molecule has 3 heteroatoms. The molecule has 1 fully saturated rings. The van der Waals surface area contributed by atoms with E-state index < -0.39 is 9.28 Å². The van der Waals surface area contributed by atoms with Crippen LogP contribution in [0.4, 0.5) is 0 Å². The molecule has 2 aliphatic rings. The number of rotatable bonds is 6. The minimum absolute atomic E-state index is 0.300. The molecule has 0 heterocycles. The fourth-order valence-corrected chi connectivity index (χ4v) is 4.55. The first-order valence-corrected chi connectivity index (χ1v) is 7.96. The van der Waals surface area contributed by atoms with Gasteiger partial charge in [0.05, 0.1) is 0 Å². The van der Waals surface area contributed by atoms with Crippen LogP contribution in [-0.2, 0) is 8.85 Å². The van der Waals surface area contributed by atoms with Gasteiger partial charge >= 0.3 is 9.28 Å². The van der Waals surface area contributed by atoms with Crippen molar-refractivity contribution in [3.63, 3.8) is 0 Å². The minimum Gasteiger partial charge on any atom is -0.397 e. The summed E-state index contributed by atoms with van der Waals surface area (Å²) in [4.78, 5) is 0. The van der Waals surface area contributed by atoms with Crippen LogP contribution >= 0.6 is 0 Å². The maximum atomic E-state index is 5.80. The quantitative estimate of drug-likeness (QED) is 0.523. The molecule has 2 aliphatic carbocycles. The Morgan fingerprint density at radius 1 is 1.31 bits per heavy atom. The van der Waals surface area contributed by atoms with Crippen LogP contribution in [-0.4, -0.2) is 22.5 Å². The first-order chi connectivity index (χ1) is 7.69. The van der Waals surface area contributed by atoms with Crippen LogP contribution in [0.5, 0.6) is 0 Å². The van der Waals surface area contributed by atoms with E-state index in [1.54, 1.807) is 7.11 Å². The lowest BCUT2D eigenvalue weighted by Crippen LogP contribution is -2.26. The summed E-state index contributed by atoms with van der Waals surface area (Å²) in [5.41, 5.74) is 0. The van der Waals surface area contributed by atoms with Crippen molar-refractivity contribution >= 4 is 9.28 Å². The highest BCUT2D eigenvalue weighted by molar-refractivity contribution is 6.44. The maximum absolute atomic E-state index is 5.80. The van der Waals surface area contributed by atoms with Crippen LogP contribution < -0.4 is 0 Å². The molecular weight excluding hydrogens is 216 g/mol. The number of fused-ring (bicyclic) bond motifs is 2. The summed E-state index contributed by atoms with van der Waals surface area (Å²) in [6, 6.07) is 1.14. The Morgan fingerprint density at radius 3 is 2.62 bits per heavy atom. The van der Waals surface area contributed by atoms with Gasteiger partial charge in [-0.05, 0) is 56.9 Å². The molecule has 3 unspecified atom stereocenters. The van der Waals surface area contributed by atoms with Crippen molar-refractivity contribution in [2.45, 2.75) is 45.3 Å². The van der Waals surface area contributed by atoms with Crippen molar-refractivity contribution in [3.05, 3.63) is 12.2 Å². The van der Waals surface area contributed by atoms with E-state index in [1.165, 1.54) is 19.3 Å². The average Bonchev–Trinajstić information content (AvgIpc) is 2.85. The molecule has 2 rings (SSSR count). The first-order valence-electron chi connectivity index (χ1n) is 6.44. The summed E-state index contributed by atoms with van der Waals surface area (Å²) < 4.78 is 11.3. The molecule has 1 saturated carbocycles. The van der Waals surface area contributed by atoms with Crippen molar-refractivity contribution in [2.24, 2.45) is 17.8 Å². The van der Waals surface area contributed by atoms with Crippen molar-refractivity contribution in [2.75, 3.05) is 7.11 Å². The third kappa shape index (κ3) is 2.96. The lowest BCUT2D eigenvalue weighted by molar-refractivity contribution is 0.176. The van der Waals surface area contributed by atoms with Crippen molar-refractivity contribution < 1.29 is 8.85 Å². The Kier molecular flexibility index (Phi) is 4.22. The van der Waals surface area contributed by atoms with E-state index in [0.29, 0.717) is 6.10 Å². The lowest BCUT2D eigenvalue weighted by atomic mass is 9.91. The van der Waals surface area contributed by atoms with Crippen molar-refractivity contribution in [3.8, 4) is 0 Å². The molecule has 2 nitrogen and oxygen atoms in total. The summed E-state index contributed by atoms with van der Waals surface area (Å²) in [7, 11) is 0.778. The molecule has 0 aromatic heterocycles.